The molecule has 2 aromatic carbocycles. The third kappa shape index (κ3) is 5.20. The molecule has 8 nitrogen and oxygen atoms in total. The number of nitrogens with zero attached hydrogens (tertiary/aromatic N) is 1. The van der Waals surface area contributed by atoms with Crippen LogP contribution in [0.4, 0.5) is 5.69 Å². The number of carbonyl (C=O) groups is 1. The number of aryl methyl sites for hydroxylation is 1. The fraction of sp³-hybridized carbons (Fsp3) is 0.333. The van der Waals surface area contributed by atoms with Crippen molar-refractivity contribution in [1.82, 2.24) is 10.3 Å². The number of esters is 1. The minimum Gasteiger partial charge on any atom is -0.508 e. The molecule has 0 spiro atoms. The molecule has 0 aliphatic rings. The van der Waals surface area contributed by atoms with Gasteiger partial charge in [-0.1, -0.05) is 13.0 Å². The Hall–Kier alpha value is -3.52. The summed E-state index contributed by atoms with van der Waals surface area (Å²) in [6, 6.07) is 9.92. The molecule has 3 rings (SSSR count). The quantitative estimate of drug-likeness (QED) is 0.372. The summed E-state index contributed by atoms with van der Waals surface area (Å²) in [6.07, 6.45) is 0.788. The number of nitrogens with one attached hydrogen (secondary N) is 1. The Kier molecular flexibility index (Phi) is 7.37. The molecule has 170 valence electrons. The minimum absolute atomic E-state index is 0.00101. The summed E-state index contributed by atoms with van der Waals surface area (Å²) in [5.74, 6) is 0.0533. The summed E-state index contributed by atoms with van der Waals surface area (Å²) >= 11 is 0. The number of aromatic nitrogens is 1. The van der Waals surface area contributed by atoms with Crippen LogP contribution in [-0.4, -0.2) is 40.4 Å². The Balaban J connectivity index is 1.79. The van der Waals surface area contributed by atoms with Gasteiger partial charge in [0, 0.05) is 18.7 Å². The van der Waals surface area contributed by atoms with Gasteiger partial charge >= 0.3 is 5.97 Å². The molecule has 32 heavy (non-hydrogen) atoms. The lowest BCUT2D eigenvalue weighted by molar-refractivity contribution is 0.0526. The maximum Gasteiger partial charge on any atom is 0.342 e. The van der Waals surface area contributed by atoms with Crippen molar-refractivity contribution in [2.45, 2.75) is 39.8 Å². The number of hydrogen-bond donors (Lipinski definition) is 4. The summed E-state index contributed by atoms with van der Waals surface area (Å²) < 4.78 is 11.2. The van der Waals surface area contributed by atoms with Crippen LogP contribution in [0.5, 0.6) is 17.2 Å². The molecule has 1 heterocycles. The van der Waals surface area contributed by atoms with Gasteiger partial charge in [-0.25, -0.2) is 4.79 Å². The maximum atomic E-state index is 12.4. The average molecular weight is 440 g/mol. The number of benzene rings is 2. The van der Waals surface area contributed by atoms with E-state index in [-0.39, 0.29) is 35.4 Å². The molecule has 3 aromatic rings. The fourth-order valence-electron chi connectivity index (χ4n) is 3.55. The van der Waals surface area contributed by atoms with Crippen molar-refractivity contribution in [3.63, 3.8) is 0 Å². The van der Waals surface area contributed by atoms with E-state index in [4.69, 9.17) is 15.2 Å². The van der Waals surface area contributed by atoms with Gasteiger partial charge in [0.25, 0.3) is 0 Å². The van der Waals surface area contributed by atoms with E-state index < -0.39 is 5.97 Å². The minimum atomic E-state index is -0.505. The molecule has 0 aliphatic carbocycles. The largest absolute Gasteiger partial charge is 0.508 e. The Labute approximate surface area is 187 Å². The van der Waals surface area contributed by atoms with Gasteiger partial charge in [0.05, 0.1) is 28.9 Å². The molecule has 0 aliphatic heterocycles. The second-order valence-corrected chi connectivity index (χ2v) is 7.51. The third-order valence-electron chi connectivity index (χ3n) is 5.16. The fourth-order valence-corrected chi connectivity index (χ4v) is 3.55. The third-order valence-corrected chi connectivity index (χ3v) is 5.16. The number of carbonyl (C=O) groups excluding carboxylic acids is 1. The predicted octanol–water partition coefficient (Wildman–Crippen LogP) is 3.66. The molecule has 8 heteroatoms. The zero-order chi connectivity index (χ0) is 23.3. The second-order valence-electron chi connectivity index (χ2n) is 7.51. The summed E-state index contributed by atoms with van der Waals surface area (Å²) in [5.41, 5.74) is 8.82. The maximum absolute atomic E-state index is 12.4. The number of ether oxygens (including phenoxy) is 2. The smallest absolute Gasteiger partial charge is 0.342 e. The number of nitrogen functional groups attached to an aromatic ring is 1. The number of rotatable bonds is 9. The molecule has 0 fully saturated rings. The van der Waals surface area contributed by atoms with Crippen molar-refractivity contribution in [3.8, 4) is 17.2 Å². The van der Waals surface area contributed by atoms with Gasteiger partial charge in [0.2, 0.25) is 0 Å². The van der Waals surface area contributed by atoms with Crippen LogP contribution in [-0.2, 0) is 11.3 Å². The topological polar surface area (TPSA) is 127 Å². The standard InChI is InChI=1S/C24H29N3O5/c1-4-16(26-12-15-9-17(28)11-18(29)10-15)13-32-20-8-6-7-19-22(20)23(25)21(14(3)27-19)24(30)31-5-2/h6-11,16,26,28-29H,4-5,12-13H2,1-3H3,(H2,25,27). The number of phenolic OH excluding ortho intramolecular Hbond substituents is 2. The summed E-state index contributed by atoms with van der Waals surface area (Å²) in [7, 11) is 0. The van der Waals surface area contributed by atoms with Gasteiger partial charge in [0.1, 0.15) is 29.4 Å². The van der Waals surface area contributed by atoms with E-state index >= 15 is 0 Å². The van der Waals surface area contributed by atoms with Gasteiger partial charge in [-0.2, -0.15) is 0 Å². The van der Waals surface area contributed by atoms with Crippen LogP contribution in [0.1, 0.15) is 41.9 Å². The van der Waals surface area contributed by atoms with Crippen LogP contribution in [0.25, 0.3) is 10.9 Å². The van der Waals surface area contributed by atoms with Crippen molar-refractivity contribution >= 4 is 22.6 Å². The first-order chi connectivity index (χ1) is 15.3. The number of nitrogens with two attached hydrogens (primary N) is 1. The van der Waals surface area contributed by atoms with Gasteiger partial charge in [-0.3, -0.25) is 4.98 Å². The molecule has 1 atom stereocenters. The van der Waals surface area contributed by atoms with E-state index in [1.807, 2.05) is 19.1 Å². The van der Waals surface area contributed by atoms with Crippen molar-refractivity contribution in [2.75, 3.05) is 18.9 Å². The van der Waals surface area contributed by atoms with E-state index in [1.165, 1.54) is 6.07 Å². The predicted molar refractivity (Wildman–Crippen MR) is 123 cm³/mol. The van der Waals surface area contributed by atoms with Crippen LogP contribution >= 0.6 is 0 Å². The van der Waals surface area contributed by atoms with Crippen LogP contribution in [0.3, 0.4) is 0 Å². The second kappa shape index (κ2) is 10.2. The van der Waals surface area contributed by atoms with E-state index in [0.29, 0.717) is 35.5 Å². The molecule has 5 N–H and O–H groups in total. The molecule has 0 amide bonds. The first kappa shape index (κ1) is 23.1. The number of phenols is 2. The summed E-state index contributed by atoms with van der Waals surface area (Å²) in [6.45, 7) is 6.54. The van der Waals surface area contributed by atoms with Gasteiger partial charge in [-0.05, 0) is 50.1 Å². The SMILES string of the molecule is CCOC(=O)c1c(C)nc2cccc(OCC(CC)NCc3cc(O)cc(O)c3)c2c1N. The molecular weight excluding hydrogens is 410 g/mol. The Morgan fingerprint density at radius 2 is 1.91 bits per heavy atom. The highest BCUT2D eigenvalue weighted by Crippen LogP contribution is 2.34. The first-order valence-corrected chi connectivity index (χ1v) is 10.6. The van der Waals surface area contributed by atoms with Crippen molar-refractivity contribution < 1.29 is 24.5 Å². The van der Waals surface area contributed by atoms with E-state index in [9.17, 15) is 15.0 Å². The van der Waals surface area contributed by atoms with Crippen LogP contribution in [0.15, 0.2) is 36.4 Å². The van der Waals surface area contributed by atoms with Crippen molar-refractivity contribution in [3.05, 3.63) is 53.2 Å². The van der Waals surface area contributed by atoms with Gasteiger partial charge in [-0.15, -0.1) is 0 Å². The Bertz CT molecular complexity index is 1100. The lowest BCUT2D eigenvalue weighted by atomic mass is 10.1. The molecule has 0 radical (unpaired) electrons. The van der Waals surface area contributed by atoms with Crippen molar-refractivity contribution in [2.24, 2.45) is 0 Å². The highest BCUT2D eigenvalue weighted by Gasteiger charge is 2.21. The monoisotopic (exact) mass is 439 g/mol. The zero-order valence-corrected chi connectivity index (χ0v) is 18.5. The number of pyridine rings is 1. The normalized spacial score (nSPS) is 12.0. The van der Waals surface area contributed by atoms with Crippen molar-refractivity contribution in [1.29, 1.82) is 0 Å². The highest BCUT2D eigenvalue weighted by molar-refractivity contribution is 6.07. The Morgan fingerprint density at radius 3 is 2.56 bits per heavy atom. The number of aromatic hydroxyl groups is 2. The molecule has 0 saturated carbocycles. The first-order valence-electron chi connectivity index (χ1n) is 10.6. The molecule has 1 aromatic heterocycles. The molecule has 0 saturated heterocycles. The summed E-state index contributed by atoms with van der Waals surface area (Å²) in [5, 5.41) is 23.2. The number of fused-ring (bicyclic) bond motifs is 1. The lowest BCUT2D eigenvalue weighted by Crippen LogP contribution is -2.33. The lowest BCUT2D eigenvalue weighted by Gasteiger charge is -2.20. The Morgan fingerprint density at radius 1 is 1.19 bits per heavy atom. The molecule has 1 unspecified atom stereocenters. The molecule has 0 bridgehead atoms. The van der Waals surface area contributed by atoms with E-state index in [0.717, 1.165) is 12.0 Å². The van der Waals surface area contributed by atoms with Crippen LogP contribution < -0.4 is 15.8 Å². The average Bonchev–Trinajstić information content (AvgIpc) is 2.73. The summed E-state index contributed by atoms with van der Waals surface area (Å²) in [4.78, 5) is 16.9. The van der Waals surface area contributed by atoms with E-state index in [2.05, 4.69) is 10.3 Å². The van der Waals surface area contributed by atoms with E-state index in [1.54, 1.807) is 32.0 Å². The van der Waals surface area contributed by atoms with Gasteiger partial charge in [0.15, 0.2) is 0 Å². The molecular formula is C24H29N3O5. The van der Waals surface area contributed by atoms with Crippen LogP contribution in [0.2, 0.25) is 0 Å². The zero-order valence-electron chi connectivity index (χ0n) is 18.5. The number of hydrogen-bond acceptors (Lipinski definition) is 8. The number of anilines is 1. The highest BCUT2D eigenvalue weighted by atomic mass is 16.5. The van der Waals surface area contributed by atoms with Crippen LogP contribution in [0, 0.1) is 6.92 Å². The van der Waals surface area contributed by atoms with Gasteiger partial charge < -0.3 is 30.7 Å².